The van der Waals surface area contributed by atoms with Crippen molar-refractivity contribution in [2.45, 2.75) is 84.6 Å². The molecule has 4 aliphatic heterocycles. The van der Waals surface area contributed by atoms with Crippen molar-refractivity contribution >= 4 is 23.0 Å². The molecule has 4 aliphatic rings. The molecule has 354 valence electrons. The second-order valence-corrected chi connectivity index (χ2v) is 18.9. The van der Waals surface area contributed by atoms with Crippen LogP contribution in [0, 0.1) is 5.92 Å². The number of nitrogens with zero attached hydrogens (tertiary/aromatic N) is 7. The van der Waals surface area contributed by atoms with E-state index in [2.05, 4.69) is 20.0 Å². The number of aryl methyl sites for hydroxylation is 1. The van der Waals surface area contributed by atoms with Gasteiger partial charge in [-0.1, -0.05) is 39.8 Å². The Balaban J connectivity index is 0.723. The Hall–Kier alpha value is -6.82. The molecule has 2 fully saturated rings. The van der Waals surface area contributed by atoms with Crippen molar-refractivity contribution in [2.24, 2.45) is 5.92 Å². The number of carbonyl (C=O) groups excluding carboxylic acids is 2. The Bertz CT molecular complexity index is 3090. The lowest BCUT2D eigenvalue weighted by Crippen LogP contribution is -2.49. The summed E-state index contributed by atoms with van der Waals surface area (Å²) in [6.45, 7) is 14.4. The average Bonchev–Trinajstić information content (AvgIpc) is 3.90. The predicted octanol–water partition coefficient (Wildman–Crippen LogP) is 5.75. The first-order valence-corrected chi connectivity index (χ1v) is 23.6. The van der Waals surface area contributed by atoms with Crippen LogP contribution in [0.4, 0.5) is 4.79 Å². The van der Waals surface area contributed by atoms with Gasteiger partial charge in [-0.05, 0) is 96.7 Å². The van der Waals surface area contributed by atoms with E-state index in [0.29, 0.717) is 71.4 Å². The van der Waals surface area contributed by atoms with Crippen molar-refractivity contribution in [2.75, 3.05) is 45.8 Å². The molecule has 0 spiro atoms. The van der Waals surface area contributed by atoms with Gasteiger partial charge in [0.2, 0.25) is 0 Å². The maximum absolute atomic E-state index is 13.7. The van der Waals surface area contributed by atoms with Gasteiger partial charge in [0.05, 0.1) is 40.3 Å². The molecule has 68 heavy (non-hydrogen) atoms. The highest BCUT2D eigenvalue weighted by atomic mass is 16.6. The summed E-state index contributed by atoms with van der Waals surface area (Å²) in [5.74, 6) is 0.230. The summed E-state index contributed by atoms with van der Waals surface area (Å²) in [6, 6.07) is 17.9. The molecule has 0 aliphatic carbocycles. The predicted molar refractivity (Wildman–Crippen MR) is 253 cm³/mol. The fraction of sp³-hybridized carbons (Fsp3) is 0.412. The molecular weight excluding hydrogens is 869 g/mol. The fourth-order valence-electron chi connectivity index (χ4n) is 10.5. The molecule has 6 aromatic rings. The van der Waals surface area contributed by atoms with Crippen molar-refractivity contribution in [3.05, 3.63) is 115 Å². The van der Waals surface area contributed by atoms with Gasteiger partial charge in [-0.3, -0.25) is 9.69 Å². The Morgan fingerprint density at radius 2 is 1.65 bits per heavy atom. The van der Waals surface area contributed by atoms with Crippen LogP contribution in [-0.2, 0) is 41.2 Å². The monoisotopic (exact) mass is 924 g/mol. The van der Waals surface area contributed by atoms with Crippen LogP contribution in [-0.4, -0.2) is 112 Å². The first kappa shape index (κ1) is 45.0. The largest absolute Gasteiger partial charge is 0.508 e. The van der Waals surface area contributed by atoms with E-state index in [4.69, 9.17) is 14.5 Å². The van der Waals surface area contributed by atoms with Gasteiger partial charge in [-0.25, -0.2) is 29.0 Å². The van der Waals surface area contributed by atoms with Crippen LogP contribution in [0.1, 0.15) is 86.3 Å². The van der Waals surface area contributed by atoms with E-state index in [9.17, 15) is 34.5 Å². The Morgan fingerprint density at radius 3 is 2.35 bits per heavy atom. The Kier molecular flexibility index (Phi) is 11.7. The number of likely N-dealkylation sites (tertiary alicyclic amines) is 1. The third kappa shape index (κ3) is 7.91. The maximum Gasteiger partial charge on any atom is 0.415 e. The number of hydrogen-bond donors (Lipinski definition) is 4. The van der Waals surface area contributed by atoms with Crippen molar-refractivity contribution in [3.63, 3.8) is 0 Å². The molecule has 10 rings (SSSR count). The lowest BCUT2D eigenvalue weighted by atomic mass is 9.86. The van der Waals surface area contributed by atoms with Gasteiger partial charge >= 0.3 is 17.8 Å². The Morgan fingerprint density at radius 1 is 0.912 bits per heavy atom. The molecule has 3 aromatic heterocycles. The molecule has 0 bridgehead atoms. The summed E-state index contributed by atoms with van der Waals surface area (Å²) >= 11 is 0. The minimum atomic E-state index is -1.90. The van der Waals surface area contributed by atoms with E-state index in [1.54, 1.807) is 34.6 Å². The number of pyridine rings is 2. The molecule has 0 saturated carbocycles. The lowest BCUT2D eigenvalue weighted by Gasteiger charge is -2.38. The molecule has 0 radical (unpaired) electrons. The average molecular weight is 925 g/mol. The number of phenolic OH excluding ortho intramolecular Hbond substituents is 2. The molecule has 4 N–H and O–H groups in total. The number of cyclic esters (lactones) is 1. The third-order valence-electron chi connectivity index (χ3n) is 14.5. The quantitative estimate of drug-likeness (QED) is 0.121. The van der Waals surface area contributed by atoms with Gasteiger partial charge in [0.15, 0.2) is 11.4 Å². The summed E-state index contributed by atoms with van der Waals surface area (Å²) in [6.07, 6.45) is 2.12. The van der Waals surface area contributed by atoms with E-state index in [0.717, 1.165) is 74.2 Å². The number of carbonyl (C=O) groups is 2. The van der Waals surface area contributed by atoms with Gasteiger partial charge in [0, 0.05) is 74.9 Å². The minimum absolute atomic E-state index is 0.00134. The van der Waals surface area contributed by atoms with Crippen LogP contribution < -0.4 is 16.0 Å². The summed E-state index contributed by atoms with van der Waals surface area (Å²) in [5, 5.41) is 39.9. The maximum atomic E-state index is 13.7. The number of hydrogen-bond acceptors (Lipinski definition) is 13. The molecule has 1 amide bonds. The molecule has 17 heteroatoms. The first-order chi connectivity index (χ1) is 32.7. The van der Waals surface area contributed by atoms with Crippen LogP contribution in [0.5, 0.6) is 17.2 Å². The number of rotatable bonds is 10. The lowest BCUT2D eigenvalue weighted by molar-refractivity contribution is -0.172. The second kappa shape index (κ2) is 17.7. The number of fused-ring (bicyclic) bond motifs is 5. The molecule has 1 atom stereocenters. The number of aromatic nitrogens is 5. The van der Waals surface area contributed by atoms with E-state index >= 15 is 0 Å². The number of benzene rings is 3. The van der Waals surface area contributed by atoms with Gasteiger partial charge < -0.3 is 39.2 Å². The third-order valence-corrected chi connectivity index (χ3v) is 14.5. The minimum Gasteiger partial charge on any atom is -0.508 e. The molecule has 3 aromatic carbocycles. The number of piperazine rings is 1. The van der Waals surface area contributed by atoms with Crippen molar-refractivity contribution in [3.8, 4) is 45.7 Å². The summed E-state index contributed by atoms with van der Waals surface area (Å²) < 4.78 is 14.3. The van der Waals surface area contributed by atoms with Gasteiger partial charge in [-0.2, -0.15) is 5.10 Å². The van der Waals surface area contributed by atoms with Crippen molar-refractivity contribution in [1.29, 1.82) is 0 Å². The van der Waals surface area contributed by atoms with Crippen LogP contribution in [0.3, 0.4) is 0 Å². The van der Waals surface area contributed by atoms with E-state index < -0.39 is 17.3 Å². The number of ether oxygens (including phenoxy) is 2. The summed E-state index contributed by atoms with van der Waals surface area (Å²) in [7, 11) is 0. The molecule has 17 nitrogen and oxygen atoms in total. The highest BCUT2D eigenvalue weighted by Gasteiger charge is 2.45. The molecular formula is C51H56N8O9. The second-order valence-electron chi connectivity index (χ2n) is 18.9. The first-order valence-electron chi connectivity index (χ1n) is 23.6. The van der Waals surface area contributed by atoms with E-state index in [-0.39, 0.29) is 59.0 Å². The fourth-order valence-corrected chi connectivity index (χ4v) is 10.5. The van der Waals surface area contributed by atoms with Crippen molar-refractivity contribution in [1.82, 2.24) is 39.0 Å². The number of aromatic hydroxyl groups is 2. The summed E-state index contributed by atoms with van der Waals surface area (Å²) in [4.78, 5) is 64.5. The number of aliphatic hydroxyl groups is 1. The molecule has 0 unspecified atom stereocenters. The Labute approximate surface area is 392 Å². The number of aromatic amines is 1. The zero-order valence-corrected chi connectivity index (χ0v) is 38.7. The number of H-pyrrole nitrogens is 1. The number of amides is 1. The standard InChI is InChI=1S/C51H56N8O9/c1-5-34-36-21-33(11-12-41(36)52-45-38(34)27-58-42(45)23-40-39(47(58)62)28-67-48(63)51(40,66)6-2)68-50(65)57-15-13-31(14-16-57)26-56-19-17-55(18-20-56)25-30-7-9-32(10-8-30)59-46(53-54-49(59)64)37-22-35(29(3)4)43(60)24-44(37)61/h7-12,21-24,29,31,60-61,66H,5-6,13-20,25-28H2,1-4H3,(H,54,64)/t51-/m0/s1. The number of esters is 1. The molecule has 2 saturated heterocycles. The number of piperidine rings is 1. The SMILES string of the molecule is CCc1c2c(nc3ccc(OC(=O)N4CCC(CN5CCN(Cc6ccc(-n7c(-c8cc(C(C)C)c(O)cc8O)n[nH]c7=O)cc6)CC5)CC4)cc13)-c1cc3c(c(=O)n1C2)COC(=O)[C@]3(O)CC. The zero-order chi connectivity index (χ0) is 47.6. The number of nitrogens with one attached hydrogen (secondary N) is 1. The van der Waals surface area contributed by atoms with Crippen molar-refractivity contribution < 1.29 is 34.4 Å². The van der Waals surface area contributed by atoms with Gasteiger partial charge in [-0.15, -0.1) is 0 Å². The van der Waals surface area contributed by atoms with E-state index in [1.165, 1.54) is 10.6 Å². The van der Waals surface area contributed by atoms with Crippen LogP contribution >= 0.6 is 0 Å². The molecule has 7 heterocycles. The van der Waals surface area contributed by atoms with Gasteiger partial charge in [0.25, 0.3) is 5.56 Å². The smallest absolute Gasteiger partial charge is 0.415 e. The highest BCUT2D eigenvalue weighted by Crippen LogP contribution is 2.41. The highest BCUT2D eigenvalue weighted by molar-refractivity contribution is 5.90. The van der Waals surface area contributed by atoms with Crippen LogP contribution in [0.2, 0.25) is 0 Å². The summed E-state index contributed by atoms with van der Waals surface area (Å²) in [5.41, 5.74) is 4.43. The zero-order valence-electron chi connectivity index (χ0n) is 38.7. The van der Waals surface area contributed by atoms with E-state index in [1.807, 2.05) is 57.2 Å². The topological polar surface area (TPSA) is 209 Å². The van der Waals surface area contributed by atoms with Gasteiger partial charge in [0.1, 0.15) is 23.9 Å². The normalized spacial score (nSPS) is 18.7. The van der Waals surface area contributed by atoms with Crippen LogP contribution in [0.15, 0.2) is 70.3 Å². The van der Waals surface area contributed by atoms with Crippen LogP contribution in [0.25, 0.3) is 39.4 Å². The number of phenols is 2.